The van der Waals surface area contributed by atoms with Crippen molar-refractivity contribution in [3.05, 3.63) is 69.7 Å². The van der Waals surface area contributed by atoms with Gasteiger partial charge in [-0.1, -0.05) is 59.6 Å². The van der Waals surface area contributed by atoms with E-state index in [0.29, 0.717) is 24.3 Å². The maximum atomic E-state index is 16.3. The Morgan fingerprint density at radius 2 is 0.585 bits per heavy atom. The van der Waals surface area contributed by atoms with Crippen LogP contribution in [0.3, 0.4) is 0 Å². The van der Waals surface area contributed by atoms with Gasteiger partial charge in [-0.15, -0.1) is 0 Å². The second-order valence-corrected chi connectivity index (χ2v) is 8.95. The molecule has 0 aliphatic heterocycles. The van der Waals surface area contributed by atoms with Crippen molar-refractivity contribution in [1.82, 2.24) is 0 Å². The van der Waals surface area contributed by atoms with Gasteiger partial charge in [-0.05, 0) is 12.1 Å². The monoisotopic (exact) mass is 672 g/mol. The molecule has 2 rings (SSSR count). The molecule has 2 aromatic carbocycles. The van der Waals surface area contributed by atoms with Gasteiger partial charge in [0.05, 0.1) is 0 Å². The molecule has 0 saturated carbocycles. The Morgan fingerprint density at radius 3 is 0.854 bits per heavy atom. The molecule has 0 radical (unpaired) electrons. The van der Waals surface area contributed by atoms with Gasteiger partial charge in [-0.2, -0.15) is 74.6 Å². The second-order valence-electron chi connectivity index (χ2n) is 8.14. The first-order chi connectivity index (χ1) is 18.0. The normalized spacial score (nSPS) is 15.3. The van der Waals surface area contributed by atoms with Gasteiger partial charge in [-0.3, -0.25) is 0 Å². The lowest BCUT2D eigenvalue weighted by Crippen LogP contribution is -2.75. The summed E-state index contributed by atoms with van der Waals surface area (Å²) >= 11 is 11.0. The second kappa shape index (κ2) is 9.91. The maximum absolute atomic E-state index is 16.3. The van der Waals surface area contributed by atoms with Gasteiger partial charge in [0.2, 0.25) is 5.67 Å². The molecular weight excluding hydrogens is 665 g/mol. The molecule has 0 aromatic heterocycles. The topological polar surface area (TPSA) is 0 Å². The van der Waals surface area contributed by atoms with E-state index in [1.165, 1.54) is 0 Å². The van der Waals surface area contributed by atoms with Gasteiger partial charge >= 0.3 is 47.6 Å². The van der Waals surface area contributed by atoms with E-state index in [-0.39, 0.29) is 12.1 Å². The Kier molecular flexibility index (Phi) is 8.45. The molecule has 0 heterocycles. The Hall–Kier alpha value is -2.24. The van der Waals surface area contributed by atoms with Crippen LogP contribution in [0.2, 0.25) is 10.0 Å². The fourth-order valence-electron chi connectivity index (χ4n) is 3.34. The summed E-state index contributed by atoms with van der Waals surface area (Å²) in [4.78, 5) is 0. The van der Waals surface area contributed by atoms with Crippen LogP contribution >= 0.6 is 23.2 Å². The Labute approximate surface area is 225 Å². The van der Waals surface area contributed by atoms with Crippen molar-refractivity contribution in [2.75, 3.05) is 0 Å². The largest absolute Gasteiger partial charge is 0.460 e. The minimum absolute atomic E-state index is 0.0819. The van der Waals surface area contributed by atoms with E-state index >= 15 is 13.2 Å². The molecule has 0 unspecified atom stereocenters. The molecule has 0 bridgehead atoms. The third kappa shape index (κ3) is 4.49. The molecule has 0 fully saturated rings. The van der Waals surface area contributed by atoms with Crippen LogP contribution in [0.4, 0.5) is 79.0 Å². The lowest BCUT2D eigenvalue weighted by molar-refractivity contribution is -0.465. The molecule has 20 heteroatoms. The highest BCUT2D eigenvalue weighted by Crippen LogP contribution is 2.67. The van der Waals surface area contributed by atoms with Crippen LogP contribution in [-0.4, -0.2) is 47.6 Å². The van der Waals surface area contributed by atoms with E-state index in [1.54, 1.807) is 0 Å². The minimum atomic E-state index is -8.87. The van der Waals surface area contributed by atoms with E-state index < -0.39 is 74.5 Å². The molecule has 0 atom stereocenters. The van der Waals surface area contributed by atoms with Crippen molar-refractivity contribution in [3.8, 4) is 0 Å². The van der Waals surface area contributed by atoms with Gasteiger partial charge in [-0.25, -0.2) is 4.39 Å². The predicted molar refractivity (Wildman–Crippen MR) is 105 cm³/mol. The predicted octanol–water partition coefficient (Wildman–Crippen LogP) is 10.2. The van der Waals surface area contributed by atoms with Crippen LogP contribution in [-0.2, 0) is 5.67 Å². The molecule has 0 aliphatic rings. The summed E-state index contributed by atoms with van der Waals surface area (Å²) in [6, 6.07) is 3.77. The zero-order chi connectivity index (χ0) is 32.5. The van der Waals surface area contributed by atoms with Crippen LogP contribution in [0.5, 0.6) is 0 Å². The van der Waals surface area contributed by atoms with Crippen molar-refractivity contribution in [1.29, 1.82) is 0 Å². The van der Waals surface area contributed by atoms with Gasteiger partial charge in [0.25, 0.3) is 0 Å². The van der Waals surface area contributed by atoms with Crippen LogP contribution in [0.1, 0.15) is 11.1 Å². The third-order valence-electron chi connectivity index (χ3n) is 5.64. The van der Waals surface area contributed by atoms with Crippen LogP contribution in [0.15, 0.2) is 48.5 Å². The molecule has 0 saturated heterocycles. The first kappa shape index (κ1) is 35.0. The van der Waals surface area contributed by atoms with Crippen molar-refractivity contribution >= 4 is 23.2 Å². The standard InChI is InChI=1S/C21H8Cl2F18/c22-11-7-3-1-5-9(11)13(24,10-6-2-4-8-12(10)23)14(25,26)15(27,28)16(29,30)17(31,32)18(33,34)19(35,36)20(37,38)21(39,40)41/h1-8H. The number of rotatable bonds is 9. The Bertz CT molecular complexity index is 1220. The molecule has 0 nitrogen and oxygen atoms in total. The number of hydrogen-bond donors (Lipinski definition) is 0. The summed E-state index contributed by atoms with van der Waals surface area (Å²) in [5, 5.41) is -2.66. The number of halogens is 20. The first-order valence-electron chi connectivity index (χ1n) is 9.93. The molecule has 2 aromatic rings. The van der Waals surface area contributed by atoms with Gasteiger partial charge in [0, 0.05) is 21.2 Å². The van der Waals surface area contributed by atoms with E-state index in [2.05, 4.69) is 0 Å². The van der Waals surface area contributed by atoms with Crippen LogP contribution < -0.4 is 0 Å². The summed E-state index contributed by atoms with van der Waals surface area (Å²) in [7, 11) is 0. The van der Waals surface area contributed by atoms with Crippen molar-refractivity contribution in [2.24, 2.45) is 0 Å². The van der Waals surface area contributed by atoms with Gasteiger partial charge in [0.1, 0.15) is 0 Å². The van der Waals surface area contributed by atoms with E-state index in [9.17, 15) is 65.9 Å². The molecule has 0 aliphatic carbocycles. The minimum Gasteiger partial charge on any atom is -0.226 e. The zero-order valence-corrected chi connectivity index (χ0v) is 20.2. The van der Waals surface area contributed by atoms with E-state index in [4.69, 9.17) is 23.2 Å². The fraction of sp³-hybridized carbons (Fsp3) is 0.429. The van der Waals surface area contributed by atoms with Crippen LogP contribution in [0.25, 0.3) is 0 Å². The Morgan fingerprint density at radius 1 is 0.341 bits per heavy atom. The van der Waals surface area contributed by atoms with Crippen molar-refractivity contribution in [3.63, 3.8) is 0 Å². The molecular formula is C21H8Cl2F18. The lowest BCUT2D eigenvalue weighted by Gasteiger charge is -2.45. The summed E-state index contributed by atoms with van der Waals surface area (Å²) in [5.41, 5.74) is -9.54. The van der Waals surface area contributed by atoms with Gasteiger partial charge < -0.3 is 0 Å². The molecule has 0 amide bonds. The highest BCUT2D eigenvalue weighted by atomic mass is 35.5. The number of benzene rings is 2. The van der Waals surface area contributed by atoms with Crippen molar-refractivity contribution in [2.45, 2.75) is 53.3 Å². The fourth-order valence-corrected chi connectivity index (χ4v) is 3.88. The average molecular weight is 673 g/mol. The quantitative estimate of drug-likeness (QED) is 0.233. The SMILES string of the molecule is FC(F)(F)C(F)(F)C(F)(F)C(F)(F)C(F)(F)C(F)(F)C(F)(F)C(F)(F)C(F)(c1ccccc1Cl)c1ccccc1Cl. The molecule has 41 heavy (non-hydrogen) atoms. The smallest absolute Gasteiger partial charge is 0.226 e. The van der Waals surface area contributed by atoms with E-state index in [1.807, 2.05) is 0 Å². The molecule has 0 spiro atoms. The summed E-state index contributed by atoms with van der Waals surface area (Å²) in [6.45, 7) is 0. The highest BCUT2D eigenvalue weighted by molar-refractivity contribution is 6.32. The average Bonchev–Trinajstić information content (AvgIpc) is 2.82. The molecule has 232 valence electrons. The lowest BCUT2D eigenvalue weighted by atomic mass is 9.76. The van der Waals surface area contributed by atoms with E-state index in [0.717, 1.165) is 12.1 Å². The van der Waals surface area contributed by atoms with Crippen molar-refractivity contribution < 1.29 is 79.0 Å². The number of hydrogen-bond acceptors (Lipinski definition) is 0. The maximum Gasteiger partial charge on any atom is 0.460 e. The third-order valence-corrected chi connectivity index (χ3v) is 6.30. The molecule has 0 N–H and O–H groups in total. The summed E-state index contributed by atoms with van der Waals surface area (Å²) in [6.07, 6.45) is -7.89. The zero-order valence-electron chi connectivity index (χ0n) is 18.7. The van der Waals surface area contributed by atoms with Gasteiger partial charge in [0.15, 0.2) is 0 Å². The Balaban J connectivity index is 2.93. The first-order valence-corrected chi connectivity index (χ1v) is 10.7. The highest BCUT2D eigenvalue weighted by Gasteiger charge is 2.96. The number of alkyl halides is 18. The summed E-state index contributed by atoms with van der Waals surface area (Å²) < 4.78 is 251. The van der Waals surface area contributed by atoms with Crippen LogP contribution in [0, 0.1) is 0 Å². The summed E-state index contributed by atoms with van der Waals surface area (Å²) in [5.74, 6) is -59.2.